The van der Waals surface area contributed by atoms with E-state index in [2.05, 4.69) is 5.32 Å². The van der Waals surface area contributed by atoms with E-state index >= 15 is 0 Å². The predicted octanol–water partition coefficient (Wildman–Crippen LogP) is 6.58. The first-order valence-electron chi connectivity index (χ1n) is 12.6. The van der Waals surface area contributed by atoms with Crippen LogP contribution in [0.15, 0.2) is 83.9 Å². The summed E-state index contributed by atoms with van der Waals surface area (Å²) >= 11 is 1.62. The fraction of sp³-hybridized carbons (Fsp3) is 0.194. The zero-order chi connectivity index (χ0) is 26.3. The van der Waals surface area contributed by atoms with Gasteiger partial charge in [-0.3, -0.25) is 4.79 Å². The van der Waals surface area contributed by atoms with Gasteiger partial charge in [-0.05, 0) is 84.3 Å². The zero-order valence-electron chi connectivity index (χ0n) is 20.9. The third kappa shape index (κ3) is 6.18. The number of nitrogens with one attached hydrogen (secondary N) is 1. The van der Waals surface area contributed by atoms with E-state index in [9.17, 15) is 9.59 Å². The number of thiophene rings is 1. The summed E-state index contributed by atoms with van der Waals surface area (Å²) in [7, 11) is 0. The van der Waals surface area contributed by atoms with Crippen molar-refractivity contribution in [1.82, 2.24) is 5.32 Å². The van der Waals surface area contributed by atoms with Crippen LogP contribution in [-0.4, -0.2) is 23.2 Å². The quantitative estimate of drug-likeness (QED) is 0.242. The maximum absolute atomic E-state index is 13.2. The van der Waals surface area contributed by atoms with Gasteiger partial charge in [0.15, 0.2) is 0 Å². The molecule has 2 N–H and O–H groups in total. The predicted molar refractivity (Wildman–Crippen MR) is 150 cm³/mol. The normalized spacial score (nSPS) is 12.7. The van der Waals surface area contributed by atoms with Crippen LogP contribution in [0.2, 0.25) is 0 Å². The molecule has 0 spiro atoms. The summed E-state index contributed by atoms with van der Waals surface area (Å²) in [6.07, 6.45) is 5.95. The van der Waals surface area contributed by atoms with Crippen LogP contribution in [0.3, 0.4) is 0 Å². The summed E-state index contributed by atoms with van der Waals surface area (Å²) in [6, 6.07) is 24.2. The van der Waals surface area contributed by atoms with Crippen molar-refractivity contribution in [2.45, 2.75) is 38.8 Å². The molecule has 1 aliphatic carbocycles. The fourth-order valence-electron chi connectivity index (χ4n) is 4.44. The summed E-state index contributed by atoms with van der Waals surface area (Å²) in [5.41, 5.74) is 4.98. The molecule has 0 bridgehead atoms. The molecule has 1 amide bonds. The molecule has 4 aromatic rings. The average Bonchev–Trinajstić information content (AvgIpc) is 3.33. The molecule has 1 heterocycles. The van der Waals surface area contributed by atoms with Crippen molar-refractivity contribution in [3.8, 4) is 5.75 Å². The van der Waals surface area contributed by atoms with Gasteiger partial charge in [-0.2, -0.15) is 0 Å². The number of benzene rings is 3. The number of amides is 1. The van der Waals surface area contributed by atoms with Crippen molar-refractivity contribution in [2.24, 2.45) is 4.99 Å². The maximum Gasteiger partial charge on any atom is 0.335 e. The maximum atomic E-state index is 13.2. The van der Waals surface area contributed by atoms with Crippen molar-refractivity contribution >= 4 is 34.4 Å². The molecule has 0 unspecified atom stereocenters. The van der Waals surface area contributed by atoms with Gasteiger partial charge in [-0.25, -0.2) is 9.79 Å². The van der Waals surface area contributed by atoms with E-state index in [-0.39, 0.29) is 11.5 Å². The van der Waals surface area contributed by atoms with Crippen molar-refractivity contribution in [1.29, 1.82) is 0 Å². The highest BCUT2D eigenvalue weighted by molar-refractivity contribution is 7.16. The van der Waals surface area contributed by atoms with Gasteiger partial charge in [0.2, 0.25) is 0 Å². The molecule has 0 aliphatic heterocycles. The number of fused-ring (bicyclic) bond motifs is 1. The Hall–Kier alpha value is -4.23. The molecular formula is C31H28N2O4S. The molecule has 3 aromatic carbocycles. The lowest BCUT2D eigenvalue weighted by Crippen LogP contribution is -2.24. The molecule has 1 aliphatic rings. The number of aromatic carboxylic acids is 1. The number of carbonyl (C=O) groups is 2. The number of ether oxygens (including phenoxy) is 1. The van der Waals surface area contributed by atoms with E-state index in [4.69, 9.17) is 14.8 Å². The lowest BCUT2D eigenvalue weighted by molar-refractivity contribution is 0.0696. The van der Waals surface area contributed by atoms with Crippen LogP contribution >= 0.6 is 11.3 Å². The summed E-state index contributed by atoms with van der Waals surface area (Å²) in [5.74, 6) is -0.310. The number of hydrogen-bond donors (Lipinski definition) is 2. The molecule has 0 radical (unpaired) electrons. The SMILES string of the molecule is O=C(O)c1ccc(COc2ccc(C=Nc3sc4c(c3C(=O)NCc3ccccc3)CCCC4)cc2)cc1. The van der Waals surface area contributed by atoms with E-state index < -0.39 is 5.97 Å². The molecule has 7 heteroatoms. The minimum atomic E-state index is -0.947. The summed E-state index contributed by atoms with van der Waals surface area (Å²) in [5, 5.41) is 12.9. The average molecular weight is 525 g/mol. The first kappa shape index (κ1) is 25.4. The molecule has 0 atom stereocenters. The lowest BCUT2D eigenvalue weighted by Gasteiger charge is -2.12. The molecule has 0 saturated carbocycles. The standard InChI is InChI=1S/C31H28N2O4S/c34-29(32-18-21-6-2-1-3-7-21)28-26-8-4-5-9-27(26)38-30(28)33-19-22-12-16-25(17-13-22)37-20-23-10-14-24(15-11-23)31(35)36/h1-3,6-7,10-17,19H,4-5,8-9,18,20H2,(H,32,34)(H,35,36). The van der Waals surface area contributed by atoms with Gasteiger partial charge >= 0.3 is 5.97 Å². The Morgan fingerprint density at radius 1 is 0.921 bits per heavy atom. The molecule has 1 aromatic heterocycles. The topological polar surface area (TPSA) is 88.0 Å². The Balaban J connectivity index is 1.26. The summed E-state index contributed by atoms with van der Waals surface area (Å²) in [4.78, 5) is 30.3. The molecule has 0 saturated heterocycles. The Morgan fingerprint density at radius 3 is 2.39 bits per heavy atom. The first-order valence-corrected chi connectivity index (χ1v) is 13.4. The van der Waals surface area contributed by atoms with E-state index in [0.717, 1.165) is 52.9 Å². The van der Waals surface area contributed by atoms with Gasteiger partial charge in [0.05, 0.1) is 11.1 Å². The fourth-order valence-corrected chi connectivity index (χ4v) is 5.67. The molecular weight excluding hydrogens is 496 g/mol. The van der Waals surface area contributed by atoms with Gasteiger partial charge < -0.3 is 15.2 Å². The van der Waals surface area contributed by atoms with Crippen LogP contribution in [-0.2, 0) is 26.0 Å². The second-order valence-electron chi connectivity index (χ2n) is 9.18. The van der Waals surface area contributed by atoms with Crippen LogP contribution < -0.4 is 10.1 Å². The number of hydrogen-bond acceptors (Lipinski definition) is 5. The Kier molecular flexibility index (Phi) is 7.95. The van der Waals surface area contributed by atoms with Gasteiger partial charge in [0.25, 0.3) is 5.91 Å². The largest absolute Gasteiger partial charge is 0.489 e. The number of carbonyl (C=O) groups excluding carboxylic acids is 1. The monoisotopic (exact) mass is 524 g/mol. The summed E-state index contributed by atoms with van der Waals surface area (Å²) in [6.45, 7) is 0.828. The molecule has 38 heavy (non-hydrogen) atoms. The summed E-state index contributed by atoms with van der Waals surface area (Å²) < 4.78 is 5.84. The Morgan fingerprint density at radius 2 is 1.66 bits per heavy atom. The van der Waals surface area contributed by atoms with E-state index in [1.54, 1.807) is 41.8 Å². The second-order valence-corrected chi connectivity index (χ2v) is 10.3. The highest BCUT2D eigenvalue weighted by Crippen LogP contribution is 2.40. The molecule has 0 fully saturated rings. The molecule has 6 nitrogen and oxygen atoms in total. The van der Waals surface area contributed by atoms with E-state index in [0.29, 0.717) is 24.5 Å². The number of aliphatic imine (C=N–C) groups is 1. The van der Waals surface area contributed by atoms with E-state index in [1.807, 2.05) is 54.6 Å². The van der Waals surface area contributed by atoms with Crippen molar-refractivity contribution < 1.29 is 19.4 Å². The van der Waals surface area contributed by atoms with Crippen LogP contribution in [0.25, 0.3) is 0 Å². The number of carboxylic acids is 1. The van der Waals surface area contributed by atoms with Gasteiger partial charge in [-0.15, -0.1) is 11.3 Å². The second kappa shape index (κ2) is 11.9. The van der Waals surface area contributed by atoms with Gasteiger partial charge in [0.1, 0.15) is 17.4 Å². The highest BCUT2D eigenvalue weighted by atomic mass is 32.1. The number of aryl methyl sites for hydroxylation is 1. The molecule has 5 rings (SSSR count). The zero-order valence-corrected chi connectivity index (χ0v) is 21.7. The minimum Gasteiger partial charge on any atom is -0.489 e. The van der Waals surface area contributed by atoms with Crippen molar-refractivity contribution in [2.75, 3.05) is 0 Å². The third-order valence-electron chi connectivity index (χ3n) is 6.49. The number of rotatable bonds is 9. The number of carboxylic acid groups (broad SMARTS) is 1. The third-order valence-corrected chi connectivity index (χ3v) is 7.69. The van der Waals surface area contributed by atoms with E-state index in [1.165, 1.54) is 4.88 Å². The van der Waals surface area contributed by atoms with Gasteiger partial charge in [0, 0.05) is 17.6 Å². The van der Waals surface area contributed by atoms with Crippen molar-refractivity contribution in [3.05, 3.63) is 117 Å². The Labute approximate surface area is 225 Å². The number of nitrogens with zero attached hydrogens (tertiary/aromatic N) is 1. The minimum absolute atomic E-state index is 0.0689. The van der Waals surface area contributed by atoms with Crippen molar-refractivity contribution in [3.63, 3.8) is 0 Å². The van der Waals surface area contributed by atoms with Crippen LogP contribution in [0.1, 0.15) is 60.7 Å². The Bertz CT molecular complexity index is 1440. The first-order chi connectivity index (χ1) is 18.6. The van der Waals surface area contributed by atoms with Crippen LogP contribution in [0.5, 0.6) is 5.75 Å². The lowest BCUT2D eigenvalue weighted by atomic mass is 9.95. The molecule has 192 valence electrons. The van der Waals surface area contributed by atoms with Crippen LogP contribution in [0.4, 0.5) is 5.00 Å². The van der Waals surface area contributed by atoms with Crippen LogP contribution in [0, 0.1) is 0 Å². The highest BCUT2D eigenvalue weighted by Gasteiger charge is 2.25. The van der Waals surface area contributed by atoms with Gasteiger partial charge in [-0.1, -0.05) is 42.5 Å². The smallest absolute Gasteiger partial charge is 0.335 e.